The lowest BCUT2D eigenvalue weighted by molar-refractivity contribution is -0.0664. The van der Waals surface area contributed by atoms with E-state index in [4.69, 9.17) is 5.73 Å². The zero-order valence-electron chi connectivity index (χ0n) is 13.2. The molecule has 0 aromatic heterocycles. The fourth-order valence-electron chi connectivity index (χ4n) is 5.58. The van der Waals surface area contributed by atoms with Gasteiger partial charge in [-0.05, 0) is 89.4 Å². The highest BCUT2D eigenvalue weighted by Gasteiger charge is 2.53. The molecule has 19 heavy (non-hydrogen) atoms. The first kappa shape index (κ1) is 13.9. The molecule has 0 amide bonds. The maximum atomic E-state index is 6.79. The van der Waals surface area contributed by atoms with Crippen molar-refractivity contribution in [2.24, 2.45) is 35.3 Å². The Morgan fingerprint density at radius 2 is 1.37 bits per heavy atom. The lowest BCUT2D eigenvalue weighted by Crippen LogP contribution is -2.62. The number of rotatable bonds is 3. The van der Waals surface area contributed by atoms with E-state index in [1.807, 2.05) is 0 Å². The van der Waals surface area contributed by atoms with Crippen molar-refractivity contribution in [1.82, 2.24) is 5.32 Å². The van der Waals surface area contributed by atoms with Crippen LogP contribution in [0.15, 0.2) is 0 Å². The summed E-state index contributed by atoms with van der Waals surface area (Å²) in [6.45, 7) is 9.97. The highest BCUT2D eigenvalue weighted by Crippen LogP contribution is 2.58. The Labute approximate surface area is 118 Å². The van der Waals surface area contributed by atoms with E-state index in [1.165, 1.54) is 32.1 Å². The van der Waals surface area contributed by atoms with Crippen LogP contribution < -0.4 is 11.1 Å². The highest BCUT2D eigenvalue weighted by atomic mass is 15.0. The zero-order chi connectivity index (χ0) is 13.8. The van der Waals surface area contributed by atoms with Crippen LogP contribution in [-0.4, -0.2) is 17.6 Å². The molecule has 0 saturated heterocycles. The van der Waals surface area contributed by atoms with Crippen LogP contribution in [0, 0.1) is 29.6 Å². The molecular weight excluding hydrogens is 232 g/mol. The van der Waals surface area contributed by atoms with Gasteiger partial charge in [0.15, 0.2) is 0 Å². The molecule has 4 rings (SSSR count). The summed E-state index contributed by atoms with van der Waals surface area (Å²) in [6, 6.07) is 0. The summed E-state index contributed by atoms with van der Waals surface area (Å²) in [5.74, 6) is 4.70. The minimum absolute atomic E-state index is 0.0319. The van der Waals surface area contributed by atoms with E-state index in [1.54, 1.807) is 0 Å². The van der Waals surface area contributed by atoms with E-state index in [-0.39, 0.29) is 11.1 Å². The molecule has 0 heterocycles. The van der Waals surface area contributed by atoms with Crippen molar-refractivity contribution >= 4 is 0 Å². The van der Waals surface area contributed by atoms with Gasteiger partial charge in [0.1, 0.15) is 0 Å². The summed E-state index contributed by atoms with van der Waals surface area (Å²) >= 11 is 0. The fraction of sp³-hybridized carbons (Fsp3) is 1.00. The second-order valence-electron chi connectivity index (χ2n) is 9.07. The van der Waals surface area contributed by atoms with Crippen LogP contribution in [0.3, 0.4) is 0 Å². The lowest BCUT2D eigenvalue weighted by atomic mass is 9.48. The molecule has 0 spiro atoms. The van der Waals surface area contributed by atoms with Crippen LogP contribution >= 0.6 is 0 Å². The number of hydrogen-bond donors (Lipinski definition) is 2. The first-order valence-corrected chi connectivity index (χ1v) is 8.28. The molecule has 3 N–H and O–H groups in total. The summed E-state index contributed by atoms with van der Waals surface area (Å²) in [4.78, 5) is 0. The molecule has 0 aliphatic heterocycles. The Bertz CT molecular complexity index is 312. The lowest BCUT2D eigenvalue weighted by Gasteiger charge is -2.58. The van der Waals surface area contributed by atoms with Crippen molar-refractivity contribution in [3.05, 3.63) is 0 Å². The molecule has 4 fully saturated rings. The molecule has 1 unspecified atom stereocenters. The average molecular weight is 264 g/mol. The summed E-state index contributed by atoms with van der Waals surface area (Å²) in [5, 5.41) is 3.65. The predicted molar refractivity (Wildman–Crippen MR) is 80.9 cm³/mol. The van der Waals surface area contributed by atoms with Crippen molar-refractivity contribution in [2.45, 2.75) is 70.9 Å². The van der Waals surface area contributed by atoms with Crippen molar-refractivity contribution in [3.8, 4) is 0 Å². The summed E-state index contributed by atoms with van der Waals surface area (Å²) < 4.78 is 0. The van der Waals surface area contributed by atoms with E-state index in [9.17, 15) is 0 Å². The Kier molecular flexibility index (Phi) is 3.26. The minimum Gasteiger partial charge on any atom is -0.324 e. The Morgan fingerprint density at radius 1 is 0.895 bits per heavy atom. The molecule has 110 valence electrons. The van der Waals surface area contributed by atoms with Crippen molar-refractivity contribution in [1.29, 1.82) is 0 Å². The minimum atomic E-state index is -0.0319. The molecule has 0 aromatic rings. The van der Waals surface area contributed by atoms with Crippen LogP contribution in [0.5, 0.6) is 0 Å². The van der Waals surface area contributed by atoms with Gasteiger partial charge in [-0.1, -0.05) is 0 Å². The molecule has 2 nitrogen and oxygen atoms in total. The van der Waals surface area contributed by atoms with Crippen LogP contribution in [0.25, 0.3) is 0 Å². The summed E-state index contributed by atoms with van der Waals surface area (Å²) in [5.41, 5.74) is 6.93. The molecule has 1 atom stereocenters. The van der Waals surface area contributed by atoms with Crippen molar-refractivity contribution < 1.29 is 0 Å². The van der Waals surface area contributed by atoms with E-state index in [0.29, 0.717) is 0 Å². The van der Waals surface area contributed by atoms with E-state index in [2.05, 4.69) is 33.0 Å². The normalized spacial score (nSPS) is 44.4. The third-order valence-electron chi connectivity index (χ3n) is 5.99. The van der Waals surface area contributed by atoms with Gasteiger partial charge >= 0.3 is 0 Å². The Balaban J connectivity index is 1.70. The molecule has 4 bridgehead atoms. The average Bonchev–Trinajstić information content (AvgIpc) is 2.23. The SMILES string of the molecule is CC(C)(C)NCC(C)(N)C1C2CC3CC(C2)CC1C3. The van der Waals surface area contributed by atoms with Crippen molar-refractivity contribution in [3.63, 3.8) is 0 Å². The topological polar surface area (TPSA) is 38.0 Å². The van der Waals surface area contributed by atoms with Gasteiger partial charge in [-0.25, -0.2) is 0 Å². The third-order valence-corrected chi connectivity index (χ3v) is 5.99. The number of nitrogens with one attached hydrogen (secondary N) is 1. The standard InChI is InChI=1S/C17H32N2/c1-16(2,3)19-10-17(4,18)15-13-6-11-5-12(8-13)9-14(15)7-11/h11-15,19H,5-10,18H2,1-4H3. The first-order chi connectivity index (χ1) is 8.74. The zero-order valence-corrected chi connectivity index (χ0v) is 13.2. The van der Waals surface area contributed by atoms with Crippen LogP contribution in [0.4, 0.5) is 0 Å². The molecule has 4 saturated carbocycles. The Hall–Kier alpha value is -0.0800. The molecule has 4 aliphatic rings. The summed E-state index contributed by atoms with van der Waals surface area (Å²) in [7, 11) is 0. The smallest absolute Gasteiger partial charge is 0.0286 e. The second kappa shape index (κ2) is 4.46. The van der Waals surface area contributed by atoms with Crippen LogP contribution in [-0.2, 0) is 0 Å². The predicted octanol–water partition coefficient (Wildman–Crippen LogP) is 3.16. The van der Waals surface area contributed by atoms with Gasteiger partial charge in [0.05, 0.1) is 0 Å². The van der Waals surface area contributed by atoms with Gasteiger partial charge in [-0.3, -0.25) is 0 Å². The highest BCUT2D eigenvalue weighted by molar-refractivity contribution is 5.06. The van der Waals surface area contributed by atoms with E-state index < -0.39 is 0 Å². The van der Waals surface area contributed by atoms with Crippen molar-refractivity contribution in [2.75, 3.05) is 6.54 Å². The second-order valence-corrected chi connectivity index (χ2v) is 9.07. The Morgan fingerprint density at radius 3 is 1.79 bits per heavy atom. The largest absolute Gasteiger partial charge is 0.324 e. The van der Waals surface area contributed by atoms with Crippen LogP contribution in [0.1, 0.15) is 59.8 Å². The monoisotopic (exact) mass is 264 g/mol. The van der Waals surface area contributed by atoms with Gasteiger partial charge in [-0.15, -0.1) is 0 Å². The van der Waals surface area contributed by atoms with E-state index in [0.717, 1.165) is 36.1 Å². The van der Waals surface area contributed by atoms with Gasteiger partial charge in [-0.2, -0.15) is 0 Å². The maximum Gasteiger partial charge on any atom is 0.0286 e. The molecule has 2 heteroatoms. The molecule has 0 aromatic carbocycles. The van der Waals surface area contributed by atoms with E-state index >= 15 is 0 Å². The fourth-order valence-corrected chi connectivity index (χ4v) is 5.58. The van der Waals surface area contributed by atoms with Crippen LogP contribution in [0.2, 0.25) is 0 Å². The third kappa shape index (κ3) is 2.71. The first-order valence-electron chi connectivity index (χ1n) is 8.28. The van der Waals surface area contributed by atoms with Gasteiger partial charge < -0.3 is 11.1 Å². The summed E-state index contributed by atoms with van der Waals surface area (Å²) in [6.07, 6.45) is 7.42. The molecular formula is C17H32N2. The number of hydrogen-bond acceptors (Lipinski definition) is 2. The molecule has 0 radical (unpaired) electrons. The molecule has 4 aliphatic carbocycles. The maximum absolute atomic E-state index is 6.79. The quantitative estimate of drug-likeness (QED) is 0.821. The van der Waals surface area contributed by atoms with Gasteiger partial charge in [0.25, 0.3) is 0 Å². The number of nitrogens with two attached hydrogens (primary N) is 1. The van der Waals surface area contributed by atoms with Gasteiger partial charge in [0, 0.05) is 17.6 Å². The van der Waals surface area contributed by atoms with Gasteiger partial charge in [0.2, 0.25) is 0 Å².